The SMILES string of the molecule is COc1cccc(COc2ccnc(OC(=O)NC(=O)CN)c2OC)c1. The third-order valence-electron chi connectivity index (χ3n) is 3.18. The Kier molecular flexibility index (Phi) is 6.75. The van der Waals surface area contributed by atoms with Crippen molar-refractivity contribution in [3.8, 4) is 23.1 Å². The van der Waals surface area contributed by atoms with Crippen LogP contribution in [0.25, 0.3) is 0 Å². The van der Waals surface area contributed by atoms with Gasteiger partial charge in [-0.15, -0.1) is 0 Å². The van der Waals surface area contributed by atoms with E-state index < -0.39 is 12.0 Å². The predicted octanol–water partition coefficient (Wildman–Crippen LogP) is 1.25. The largest absolute Gasteiger partial charge is 0.497 e. The number of carbonyl (C=O) groups excluding carboxylic acids is 2. The van der Waals surface area contributed by atoms with Crippen LogP contribution >= 0.6 is 0 Å². The van der Waals surface area contributed by atoms with E-state index in [4.69, 9.17) is 24.7 Å². The molecule has 0 aliphatic heterocycles. The second kappa shape index (κ2) is 9.23. The average molecular weight is 361 g/mol. The number of ether oxygens (including phenoxy) is 4. The summed E-state index contributed by atoms with van der Waals surface area (Å²) < 4.78 is 21.1. The molecule has 0 bridgehead atoms. The first-order chi connectivity index (χ1) is 12.6. The molecule has 2 rings (SSSR count). The number of nitrogens with one attached hydrogen (secondary N) is 1. The molecule has 0 aliphatic rings. The molecule has 1 aromatic heterocycles. The molecule has 0 saturated carbocycles. The van der Waals surface area contributed by atoms with Crippen LogP contribution in [0.2, 0.25) is 0 Å². The fourth-order valence-electron chi connectivity index (χ4n) is 1.99. The summed E-state index contributed by atoms with van der Waals surface area (Å²) in [4.78, 5) is 26.7. The maximum atomic E-state index is 11.7. The molecule has 0 saturated heterocycles. The summed E-state index contributed by atoms with van der Waals surface area (Å²) in [5.74, 6) is 0.319. The highest BCUT2D eigenvalue weighted by atomic mass is 16.6. The number of nitrogens with two attached hydrogens (primary N) is 1. The van der Waals surface area contributed by atoms with Gasteiger partial charge in [0.2, 0.25) is 11.7 Å². The zero-order valence-electron chi connectivity index (χ0n) is 14.4. The highest BCUT2D eigenvalue weighted by Crippen LogP contribution is 2.35. The molecular weight excluding hydrogens is 342 g/mol. The maximum Gasteiger partial charge on any atom is 0.420 e. The Hall–Kier alpha value is -3.33. The van der Waals surface area contributed by atoms with Crippen molar-refractivity contribution in [3.63, 3.8) is 0 Å². The molecule has 1 aromatic carbocycles. The molecule has 3 N–H and O–H groups in total. The fourth-order valence-corrected chi connectivity index (χ4v) is 1.99. The number of hydrogen-bond acceptors (Lipinski definition) is 8. The molecule has 138 valence electrons. The lowest BCUT2D eigenvalue weighted by molar-refractivity contribution is -0.118. The number of nitrogens with zero attached hydrogens (tertiary/aromatic N) is 1. The number of methoxy groups -OCH3 is 2. The van der Waals surface area contributed by atoms with Gasteiger partial charge in [-0.3, -0.25) is 10.1 Å². The van der Waals surface area contributed by atoms with E-state index in [1.807, 2.05) is 29.6 Å². The van der Waals surface area contributed by atoms with Crippen LogP contribution in [0.15, 0.2) is 36.5 Å². The number of amides is 2. The molecule has 0 radical (unpaired) electrons. The van der Waals surface area contributed by atoms with E-state index >= 15 is 0 Å². The minimum absolute atomic E-state index is 0.116. The van der Waals surface area contributed by atoms with Crippen molar-refractivity contribution in [1.82, 2.24) is 10.3 Å². The monoisotopic (exact) mass is 361 g/mol. The molecule has 2 amide bonds. The predicted molar refractivity (Wildman–Crippen MR) is 91.3 cm³/mol. The zero-order chi connectivity index (χ0) is 18.9. The van der Waals surface area contributed by atoms with Gasteiger partial charge in [-0.25, -0.2) is 9.78 Å². The highest BCUT2D eigenvalue weighted by molar-refractivity contribution is 5.93. The van der Waals surface area contributed by atoms with Gasteiger partial charge in [0.15, 0.2) is 5.75 Å². The molecule has 1 heterocycles. The van der Waals surface area contributed by atoms with Gasteiger partial charge in [0.05, 0.1) is 20.8 Å². The minimum atomic E-state index is -1.02. The topological polar surface area (TPSA) is 122 Å². The van der Waals surface area contributed by atoms with Crippen molar-refractivity contribution in [2.75, 3.05) is 20.8 Å². The lowest BCUT2D eigenvalue weighted by Crippen LogP contribution is -2.37. The molecule has 0 fully saturated rings. The smallest absolute Gasteiger partial charge is 0.420 e. The summed E-state index contributed by atoms with van der Waals surface area (Å²) in [6.45, 7) is -0.113. The standard InChI is InChI=1S/C17H19N3O6/c1-23-12-5-3-4-11(8-12)10-25-13-6-7-19-16(15(13)24-2)26-17(22)20-14(21)9-18/h3-8H,9-10,18H2,1-2H3,(H,20,21,22). The lowest BCUT2D eigenvalue weighted by Gasteiger charge is -2.13. The number of benzene rings is 1. The Morgan fingerprint density at radius 3 is 2.69 bits per heavy atom. The molecule has 0 spiro atoms. The van der Waals surface area contributed by atoms with E-state index in [1.165, 1.54) is 13.3 Å². The third-order valence-corrected chi connectivity index (χ3v) is 3.18. The van der Waals surface area contributed by atoms with Gasteiger partial charge < -0.3 is 24.7 Å². The summed E-state index contributed by atoms with van der Waals surface area (Å²) >= 11 is 0. The summed E-state index contributed by atoms with van der Waals surface area (Å²) in [5, 5.41) is 1.94. The molecule has 0 unspecified atom stereocenters. The Balaban J connectivity index is 2.11. The highest BCUT2D eigenvalue weighted by Gasteiger charge is 2.18. The van der Waals surface area contributed by atoms with Crippen LogP contribution in [0, 0.1) is 0 Å². The van der Waals surface area contributed by atoms with Gasteiger partial charge in [-0.2, -0.15) is 0 Å². The summed E-state index contributed by atoms with van der Waals surface area (Å²) in [5.41, 5.74) is 5.99. The van der Waals surface area contributed by atoms with Gasteiger partial charge in [-0.05, 0) is 17.7 Å². The maximum absolute atomic E-state index is 11.7. The van der Waals surface area contributed by atoms with Crippen LogP contribution in [-0.4, -0.2) is 37.7 Å². The van der Waals surface area contributed by atoms with Crippen molar-refractivity contribution in [2.24, 2.45) is 5.73 Å². The van der Waals surface area contributed by atoms with Crippen molar-refractivity contribution in [1.29, 1.82) is 0 Å². The molecule has 26 heavy (non-hydrogen) atoms. The Morgan fingerprint density at radius 1 is 1.19 bits per heavy atom. The van der Waals surface area contributed by atoms with Crippen LogP contribution in [-0.2, 0) is 11.4 Å². The first-order valence-corrected chi connectivity index (χ1v) is 7.57. The number of hydrogen-bond donors (Lipinski definition) is 2. The van der Waals surface area contributed by atoms with Crippen molar-refractivity contribution < 1.29 is 28.5 Å². The zero-order valence-corrected chi connectivity index (χ0v) is 14.4. The first kappa shape index (κ1) is 19.0. The molecular formula is C17H19N3O6. The second-order valence-corrected chi connectivity index (χ2v) is 4.93. The number of aromatic nitrogens is 1. The minimum Gasteiger partial charge on any atom is -0.497 e. The van der Waals surface area contributed by atoms with Crippen LogP contribution in [0.3, 0.4) is 0 Å². The van der Waals surface area contributed by atoms with Gasteiger partial charge >= 0.3 is 6.09 Å². The van der Waals surface area contributed by atoms with Crippen LogP contribution in [0.4, 0.5) is 4.79 Å². The van der Waals surface area contributed by atoms with Crippen LogP contribution in [0.1, 0.15) is 5.56 Å². The van der Waals surface area contributed by atoms with E-state index in [0.717, 1.165) is 5.56 Å². The van der Waals surface area contributed by atoms with Crippen molar-refractivity contribution in [3.05, 3.63) is 42.1 Å². The summed E-state index contributed by atoms with van der Waals surface area (Å²) in [6, 6.07) is 8.93. The number of pyridine rings is 1. The van der Waals surface area contributed by atoms with E-state index in [9.17, 15) is 9.59 Å². The summed E-state index contributed by atoms with van der Waals surface area (Å²) in [7, 11) is 2.96. The van der Waals surface area contributed by atoms with Crippen molar-refractivity contribution >= 4 is 12.0 Å². The number of carbonyl (C=O) groups is 2. The molecule has 2 aromatic rings. The van der Waals surface area contributed by atoms with Crippen LogP contribution < -0.4 is 30.0 Å². The van der Waals surface area contributed by atoms with E-state index in [-0.39, 0.29) is 24.8 Å². The van der Waals surface area contributed by atoms with Gasteiger partial charge in [-0.1, -0.05) is 12.1 Å². The Bertz CT molecular complexity index is 781. The van der Waals surface area contributed by atoms with E-state index in [1.54, 1.807) is 13.2 Å². The Morgan fingerprint density at radius 2 is 2.00 bits per heavy atom. The number of rotatable bonds is 7. The number of imide groups is 1. The molecule has 0 atom stereocenters. The van der Waals surface area contributed by atoms with E-state index in [2.05, 4.69) is 4.98 Å². The first-order valence-electron chi connectivity index (χ1n) is 7.57. The summed E-state index contributed by atoms with van der Waals surface area (Å²) in [6.07, 6.45) is 0.368. The molecule has 9 nitrogen and oxygen atoms in total. The lowest BCUT2D eigenvalue weighted by atomic mass is 10.2. The van der Waals surface area contributed by atoms with E-state index in [0.29, 0.717) is 11.5 Å². The van der Waals surface area contributed by atoms with Gasteiger partial charge in [0.25, 0.3) is 5.88 Å². The quantitative estimate of drug-likeness (QED) is 0.755. The van der Waals surface area contributed by atoms with Gasteiger partial charge in [0, 0.05) is 12.3 Å². The molecule has 0 aliphatic carbocycles. The normalized spacial score (nSPS) is 9.96. The fraction of sp³-hybridized carbons (Fsp3) is 0.235. The average Bonchev–Trinajstić information content (AvgIpc) is 2.66. The third kappa shape index (κ3) is 5.08. The second-order valence-electron chi connectivity index (χ2n) is 4.93. The van der Waals surface area contributed by atoms with Crippen molar-refractivity contribution in [2.45, 2.75) is 6.61 Å². The van der Waals surface area contributed by atoms with Gasteiger partial charge in [0.1, 0.15) is 12.4 Å². The molecule has 9 heteroatoms. The van der Waals surface area contributed by atoms with Crippen LogP contribution in [0.5, 0.6) is 23.1 Å². The Labute approximate surface area is 150 Å².